The highest BCUT2D eigenvalue weighted by Gasteiger charge is 2.13. The Kier molecular flexibility index (Phi) is 8.68. The first-order valence-corrected chi connectivity index (χ1v) is 9.53. The van der Waals surface area contributed by atoms with Gasteiger partial charge in [-0.2, -0.15) is 15.0 Å². The van der Waals surface area contributed by atoms with Crippen molar-refractivity contribution in [3.8, 4) is 0 Å². The van der Waals surface area contributed by atoms with Crippen LogP contribution in [0.3, 0.4) is 0 Å². The van der Waals surface area contributed by atoms with Gasteiger partial charge >= 0.3 is 0 Å². The van der Waals surface area contributed by atoms with Gasteiger partial charge in [-0.25, -0.2) is 0 Å². The highest BCUT2D eigenvalue weighted by molar-refractivity contribution is 5.41. The lowest BCUT2D eigenvalue weighted by Gasteiger charge is -2.32. The summed E-state index contributed by atoms with van der Waals surface area (Å²) >= 11 is 0. The summed E-state index contributed by atoms with van der Waals surface area (Å²) < 4.78 is 0. The van der Waals surface area contributed by atoms with Crippen LogP contribution in [-0.4, -0.2) is 84.7 Å². The first-order chi connectivity index (χ1) is 12.2. The minimum Gasteiger partial charge on any atom is -0.357 e. The summed E-state index contributed by atoms with van der Waals surface area (Å²) in [6.07, 6.45) is 4.90. The molecule has 0 unspecified atom stereocenters. The Bertz CT molecular complexity index is 488. The molecule has 142 valence electrons. The number of nitrogens with one attached hydrogen (secondary N) is 3. The highest BCUT2D eigenvalue weighted by atomic mass is 15.3. The van der Waals surface area contributed by atoms with E-state index in [-0.39, 0.29) is 0 Å². The molecule has 0 aliphatic carbocycles. The Morgan fingerprint density at radius 1 is 0.840 bits per heavy atom. The summed E-state index contributed by atoms with van der Waals surface area (Å²) in [6, 6.07) is 0. The van der Waals surface area contributed by atoms with Crippen LogP contribution >= 0.6 is 0 Å². The third kappa shape index (κ3) is 7.39. The molecule has 1 aromatic rings. The fraction of sp³-hybridized carbons (Fsp3) is 0.824. The predicted molar refractivity (Wildman–Crippen MR) is 104 cm³/mol. The fourth-order valence-electron chi connectivity index (χ4n) is 2.80. The number of likely N-dealkylation sites (N-methyl/N-ethyl adjacent to an activating group) is 1. The van der Waals surface area contributed by atoms with Gasteiger partial charge < -0.3 is 20.9 Å². The van der Waals surface area contributed by atoms with Crippen molar-refractivity contribution in [2.45, 2.75) is 32.6 Å². The molecule has 0 radical (unpaired) electrons. The maximum atomic E-state index is 4.48. The lowest BCUT2D eigenvalue weighted by molar-refractivity contribution is 0.158. The van der Waals surface area contributed by atoms with Crippen molar-refractivity contribution in [1.82, 2.24) is 24.8 Å². The maximum Gasteiger partial charge on any atom is 0.229 e. The number of hydrogen-bond donors (Lipinski definition) is 3. The zero-order chi connectivity index (χ0) is 17.9. The molecule has 25 heavy (non-hydrogen) atoms. The van der Waals surface area contributed by atoms with Crippen LogP contribution in [0.15, 0.2) is 0 Å². The molecular weight excluding hydrogens is 316 g/mol. The van der Waals surface area contributed by atoms with Crippen molar-refractivity contribution >= 4 is 17.8 Å². The molecule has 0 atom stereocenters. The van der Waals surface area contributed by atoms with Gasteiger partial charge in [0.25, 0.3) is 0 Å². The Hall–Kier alpha value is -1.67. The summed E-state index contributed by atoms with van der Waals surface area (Å²) in [7, 11) is 4.00. The van der Waals surface area contributed by atoms with Crippen molar-refractivity contribution in [2.24, 2.45) is 0 Å². The number of unbranched alkanes of at least 4 members (excludes halogenated alkanes) is 3. The topological polar surface area (TPSA) is 81.2 Å². The van der Waals surface area contributed by atoms with E-state index >= 15 is 0 Å². The number of rotatable bonds is 11. The van der Waals surface area contributed by atoms with E-state index in [1.54, 1.807) is 0 Å². The second-order valence-electron chi connectivity index (χ2n) is 6.62. The SMILES string of the molecule is CCCCCCNc1nc(NC)nc(NCCN2CCN(C)CC2)n1. The fourth-order valence-corrected chi connectivity index (χ4v) is 2.80. The average Bonchev–Trinajstić information content (AvgIpc) is 2.63. The Balaban J connectivity index is 1.77. The molecule has 1 aliphatic heterocycles. The number of anilines is 3. The minimum atomic E-state index is 0.591. The Morgan fingerprint density at radius 3 is 2.12 bits per heavy atom. The molecule has 1 aromatic heterocycles. The molecule has 0 bridgehead atoms. The molecule has 0 amide bonds. The van der Waals surface area contributed by atoms with Gasteiger partial charge in [-0.3, -0.25) is 4.90 Å². The lowest BCUT2D eigenvalue weighted by Crippen LogP contribution is -2.45. The van der Waals surface area contributed by atoms with Crippen molar-refractivity contribution < 1.29 is 0 Å². The molecule has 0 aromatic carbocycles. The van der Waals surface area contributed by atoms with E-state index in [0.29, 0.717) is 17.8 Å². The van der Waals surface area contributed by atoms with Crippen LogP contribution in [0, 0.1) is 0 Å². The molecule has 0 saturated carbocycles. The summed E-state index contributed by atoms with van der Waals surface area (Å²) in [5.41, 5.74) is 0. The first-order valence-electron chi connectivity index (χ1n) is 9.53. The summed E-state index contributed by atoms with van der Waals surface area (Å²) in [4.78, 5) is 18.1. The number of nitrogens with zero attached hydrogens (tertiary/aromatic N) is 5. The third-order valence-corrected chi connectivity index (χ3v) is 4.48. The van der Waals surface area contributed by atoms with Gasteiger partial charge in [0.2, 0.25) is 17.8 Å². The normalized spacial score (nSPS) is 16.0. The minimum absolute atomic E-state index is 0.591. The average molecular weight is 351 g/mol. The molecule has 0 spiro atoms. The van der Waals surface area contributed by atoms with Crippen molar-refractivity contribution in [1.29, 1.82) is 0 Å². The van der Waals surface area contributed by atoms with Crippen LogP contribution in [0.4, 0.5) is 17.8 Å². The van der Waals surface area contributed by atoms with Gasteiger partial charge in [-0.1, -0.05) is 26.2 Å². The number of piperazine rings is 1. The molecule has 1 saturated heterocycles. The van der Waals surface area contributed by atoms with E-state index in [1.165, 1.54) is 19.3 Å². The zero-order valence-corrected chi connectivity index (χ0v) is 16.0. The predicted octanol–water partition coefficient (Wildman–Crippen LogP) is 1.56. The second kappa shape index (κ2) is 11.0. The van der Waals surface area contributed by atoms with E-state index in [0.717, 1.165) is 52.2 Å². The van der Waals surface area contributed by atoms with Gasteiger partial charge in [0.15, 0.2) is 0 Å². The van der Waals surface area contributed by atoms with Crippen LogP contribution in [0.25, 0.3) is 0 Å². The van der Waals surface area contributed by atoms with Gasteiger partial charge in [-0.15, -0.1) is 0 Å². The molecule has 2 rings (SSSR count). The van der Waals surface area contributed by atoms with E-state index in [1.807, 2.05) is 7.05 Å². The Morgan fingerprint density at radius 2 is 1.48 bits per heavy atom. The summed E-state index contributed by atoms with van der Waals surface area (Å²) in [6.45, 7) is 9.50. The molecule has 1 aliphatic rings. The first kappa shape index (κ1) is 19.7. The van der Waals surface area contributed by atoms with Crippen molar-refractivity contribution in [2.75, 3.05) is 75.9 Å². The monoisotopic (exact) mass is 350 g/mol. The van der Waals surface area contributed by atoms with Crippen molar-refractivity contribution in [3.63, 3.8) is 0 Å². The standard InChI is InChI=1S/C17H34N8/c1-4-5-6-7-8-19-16-21-15(18-2)22-17(23-16)20-9-10-25-13-11-24(3)12-14-25/h4-14H2,1-3H3,(H3,18,19,20,21,22,23). The van der Waals surface area contributed by atoms with Gasteiger partial charge in [0.05, 0.1) is 0 Å². The molecule has 2 heterocycles. The largest absolute Gasteiger partial charge is 0.357 e. The molecule has 8 nitrogen and oxygen atoms in total. The van der Waals surface area contributed by atoms with Gasteiger partial charge in [-0.05, 0) is 13.5 Å². The number of hydrogen-bond acceptors (Lipinski definition) is 8. The molecule has 1 fully saturated rings. The van der Waals surface area contributed by atoms with Gasteiger partial charge in [0.1, 0.15) is 0 Å². The Labute approximate surface area is 151 Å². The number of aromatic nitrogens is 3. The highest BCUT2D eigenvalue weighted by Crippen LogP contribution is 2.09. The smallest absolute Gasteiger partial charge is 0.229 e. The summed E-state index contributed by atoms with van der Waals surface area (Å²) in [5, 5.41) is 9.64. The molecule has 3 N–H and O–H groups in total. The lowest BCUT2D eigenvalue weighted by atomic mass is 10.2. The van der Waals surface area contributed by atoms with E-state index in [4.69, 9.17) is 0 Å². The van der Waals surface area contributed by atoms with Crippen LogP contribution in [0.1, 0.15) is 32.6 Å². The van der Waals surface area contributed by atoms with Gasteiger partial charge in [0, 0.05) is 52.9 Å². The quantitative estimate of drug-likeness (QED) is 0.519. The van der Waals surface area contributed by atoms with Crippen molar-refractivity contribution in [3.05, 3.63) is 0 Å². The van der Waals surface area contributed by atoms with E-state index < -0.39 is 0 Å². The van der Waals surface area contributed by atoms with E-state index in [9.17, 15) is 0 Å². The molecular formula is C17H34N8. The van der Waals surface area contributed by atoms with Crippen LogP contribution in [-0.2, 0) is 0 Å². The van der Waals surface area contributed by atoms with E-state index in [2.05, 4.69) is 54.7 Å². The van der Waals surface area contributed by atoms with Crippen LogP contribution in [0.2, 0.25) is 0 Å². The third-order valence-electron chi connectivity index (χ3n) is 4.48. The second-order valence-corrected chi connectivity index (χ2v) is 6.62. The van der Waals surface area contributed by atoms with Crippen LogP contribution in [0.5, 0.6) is 0 Å². The zero-order valence-electron chi connectivity index (χ0n) is 16.0. The molecule has 8 heteroatoms. The van der Waals surface area contributed by atoms with Crippen LogP contribution < -0.4 is 16.0 Å². The maximum absolute atomic E-state index is 4.48. The summed E-state index contributed by atoms with van der Waals surface area (Å²) in [5.74, 6) is 1.86.